The van der Waals surface area contributed by atoms with E-state index in [0.717, 1.165) is 30.9 Å². The summed E-state index contributed by atoms with van der Waals surface area (Å²) in [6, 6.07) is 0. The van der Waals surface area contributed by atoms with Gasteiger partial charge in [0.15, 0.2) is 0 Å². The number of rotatable bonds is 10. The van der Waals surface area contributed by atoms with E-state index < -0.39 is 11.9 Å². The summed E-state index contributed by atoms with van der Waals surface area (Å²) >= 11 is 0. The van der Waals surface area contributed by atoms with Crippen LogP contribution in [0.15, 0.2) is 0 Å². The van der Waals surface area contributed by atoms with Crippen LogP contribution in [0, 0.1) is 5.92 Å². The smallest absolute Gasteiger partial charge is 0.328 e. The van der Waals surface area contributed by atoms with Crippen LogP contribution in [0.5, 0.6) is 0 Å². The monoisotopic (exact) mass is 296 g/mol. The van der Waals surface area contributed by atoms with Gasteiger partial charge in [-0.25, -0.2) is 0 Å². The number of carbonyl (C=O) groups excluding carboxylic acids is 2. The third-order valence-corrected chi connectivity index (χ3v) is 2.94. The van der Waals surface area contributed by atoms with E-state index in [2.05, 4.69) is 13.8 Å². The van der Waals surface area contributed by atoms with Gasteiger partial charge in [0, 0.05) is 47.6 Å². The zero-order valence-electron chi connectivity index (χ0n) is 13.6. The maximum atomic E-state index is 11.3. The molecule has 0 saturated heterocycles. The minimum absolute atomic E-state index is 0. The molecule has 0 N–H and O–H groups in total. The molecule has 0 aliphatic rings. The van der Waals surface area contributed by atoms with Crippen LogP contribution in [0.1, 0.15) is 66.2 Å². The quantitative estimate of drug-likeness (QED) is 0.458. The zero-order valence-corrected chi connectivity index (χ0v) is 15.6. The van der Waals surface area contributed by atoms with Gasteiger partial charge >= 0.3 is 11.9 Å². The van der Waals surface area contributed by atoms with Crippen molar-refractivity contribution in [3.05, 3.63) is 0 Å². The Labute approximate surface area is 144 Å². The minimum atomic E-state index is -0.394. The van der Waals surface area contributed by atoms with Gasteiger partial charge < -0.3 is 9.68 Å². The van der Waals surface area contributed by atoms with Gasteiger partial charge in [0.2, 0.25) is 0 Å². The first-order valence-electron chi connectivity index (χ1n) is 7.26. The van der Waals surface area contributed by atoms with Crippen LogP contribution in [0.2, 0.25) is 0 Å². The van der Waals surface area contributed by atoms with Gasteiger partial charge in [-0.05, 0) is 12.3 Å². The molecule has 0 bridgehead atoms. The van der Waals surface area contributed by atoms with E-state index in [1.165, 1.54) is 0 Å². The standard InChI is InChI=1S/C14H27NO4.Na/c1-5-9-10-12(6-2)11-15(18-13(16)7-3)19-14(17)8-4;/h12H,5-11H2,1-4H3;. The van der Waals surface area contributed by atoms with E-state index in [-0.39, 0.29) is 42.4 Å². The van der Waals surface area contributed by atoms with Gasteiger partial charge in [0.1, 0.15) is 0 Å². The number of nitrogens with zero attached hydrogens (tertiary/aromatic N) is 1. The molecule has 0 aliphatic carbocycles. The van der Waals surface area contributed by atoms with Crippen LogP contribution in [0.3, 0.4) is 0 Å². The maximum absolute atomic E-state index is 11.3. The second kappa shape index (κ2) is 13.9. The Morgan fingerprint density at radius 2 is 1.50 bits per heavy atom. The van der Waals surface area contributed by atoms with Crippen LogP contribution >= 0.6 is 0 Å². The Balaban J connectivity index is 0. The van der Waals surface area contributed by atoms with E-state index in [9.17, 15) is 9.59 Å². The zero-order chi connectivity index (χ0) is 14.7. The summed E-state index contributed by atoms with van der Waals surface area (Å²) in [7, 11) is 0. The van der Waals surface area contributed by atoms with Crippen molar-refractivity contribution in [2.75, 3.05) is 6.54 Å². The normalized spacial score (nSPS) is 11.7. The topological polar surface area (TPSA) is 55.8 Å². The van der Waals surface area contributed by atoms with Crippen molar-refractivity contribution in [2.45, 2.75) is 66.2 Å². The van der Waals surface area contributed by atoms with Crippen molar-refractivity contribution in [3.8, 4) is 0 Å². The Morgan fingerprint density at radius 3 is 1.85 bits per heavy atom. The molecule has 0 rings (SSSR count). The van der Waals surface area contributed by atoms with Gasteiger partial charge in [-0.3, -0.25) is 9.59 Å². The molecule has 0 saturated carbocycles. The first-order chi connectivity index (χ1) is 9.07. The van der Waals surface area contributed by atoms with E-state index in [1.54, 1.807) is 13.8 Å². The van der Waals surface area contributed by atoms with Gasteiger partial charge in [-0.1, -0.05) is 47.0 Å². The van der Waals surface area contributed by atoms with E-state index in [4.69, 9.17) is 9.68 Å². The summed E-state index contributed by atoms with van der Waals surface area (Å²) in [4.78, 5) is 32.7. The van der Waals surface area contributed by atoms with Crippen molar-refractivity contribution >= 4 is 41.5 Å². The summed E-state index contributed by atoms with van der Waals surface area (Å²) in [5, 5.41) is 1.06. The van der Waals surface area contributed by atoms with Crippen molar-refractivity contribution in [1.82, 2.24) is 5.23 Å². The molecule has 0 fully saturated rings. The van der Waals surface area contributed by atoms with Crippen molar-refractivity contribution in [2.24, 2.45) is 5.92 Å². The molecule has 5 nitrogen and oxygen atoms in total. The molecular formula is C14H27NNaO4. The second-order valence-corrected chi connectivity index (χ2v) is 4.57. The summed E-state index contributed by atoms with van der Waals surface area (Å²) in [6.45, 7) is 8.07. The third kappa shape index (κ3) is 10.7. The summed E-state index contributed by atoms with van der Waals surface area (Å²) in [5.41, 5.74) is 0. The van der Waals surface area contributed by atoms with Gasteiger partial charge in [0.05, 0.1) is 6.54 Å². The molecule has 0 spiro atoms. The van der Waals surface area contributed by atoms with Crippen molar-refractivity contribution in [3.63, 3.8) is 0 Å². The molecule has 20 heavy (non-hydrogen) atoms. The van der Waals surface area contributed by atoms with Gasteiger partial charge in [-0.15, -0.1) is 0 Å². The van der Waals surface area contributed by atoms with Crippen LogP contribution in [0.4, 0.5) is 0 Å². The first-order valence-corrected chi connectivity index (χ1v) is 7.26. The molecule has 0 amide bonds. The molecule has 0 aromatic carbocycles. The average molecular weight is 296 g/mol. The SMILES string of the molecule is CCCCC(CC)CN(OC(=O)CC)OC(=O)CC.[Na]. The van der Waals surface area contributed by atoms with Crippen LogP contribution < -0.4 is 0 Å². The molecule has 0 aliphatic heterocycles. The predicted octanol–water partition coefficient (Wildman–Crippen LogP) is 2.86. The first kappa shape index (κ1) is 22.2. The van der Waals surface area contributed by atoms with Crippen LogP contribution in [-0.4, -0.2) is 53.3 Å². The van der Waals surface area contributed by atoms with Crippen molar-refractivity contribution in [1.29, 1.82) is 0 Å². The summed E-state index contributed by atoms with van der Waals surface area (Å²) in [6.07, 6.45) is 4.76. The molecule has 1 atom stereocenters. The summed E-state index contributed by atoms with van der Waals surface area (Å²) in [5.74, 6) is -0.433. The molecule has 0 heterocycles. The fourth-order valence-electron chi connectivity index (χ4n) is 1.58. The number of hydroxylamine groups is 2. The molecule has 113 valence electrons. The fraction of sp³-hybridized carbons (Fsp3) is 0.857. The maximum Gasteiger partial charge on any atom is 0.328 e. The Morgan fingerprint density at radius 1 is 1.00 bits per heavy atom. The van der Waals surface area contributed by atoms with E-state index in [0.29, 0.717) is 12.5 Å². The van der Waals surface area contributed by atoms with Crippen molar-refractivity contribution < 1.29 is 19.3 Å². The molecule has 0 aromatic rings. The Hall–Kier alpha value is -0.100. The van der Waals surface area contributed by atoms with Gasteiger partial charge in [0.25, 0.3) is 0 Å². The molecule has 1 unspecified atom stereocenters. The van der Waals surface area contributed by atoms with Gasteiger partial charge in [-0.2, -0.15) is 0 Å². The number of unbranched alkanes of at least 4 members (excludes halogenated alkanes) is 1. The van der Waals surface area contributed by atoms with Crippen LogP contribution in [0.25, 0.3) is 0 Å². The summed E-state index contributed by atoms with van der Waals surface area (Å²) < 4.78 is 0. The van der Waals surface area contributed by atoms with Crippen LogP contribution in [-0.2, 0) is 19.3 Å². The third-order valence-electron chi connectivity index (χ3n) is 2.94. The largest absolute Gasteiger partial charge is 0.333 e. The average Bonchev–Trinajstić information content (AvgIpc) is 2.42. The molecule has 6 heteroatoms. The Kier molecular flexibility index (Phi) is 15.4. The number of hydrogen-bond donors (Lipinski definition) is 0. The predicted molar refractivity (Wildman–Crippen MR) is 78.5 cm³/mol. The fourth-order valence-corrected chi connectivity index (χ4v) is 1.58. The molecule has 1 radical (unpaired) electrons. The second-order valence-electron chi connectivity index (χ2n) is 4.57. The van der Waals surface area contributed by atoms with E-state index in [1.807, 2.05) is 0 Å². The molecular weight excluding hydrogens is 269 g/mol. The minimum Gasteiger partial charge on any atom is -0.333 e. The number of carbonyl (C=O) groups is 2. The number of hydrogen-bond acceptors (Lipinski definition) is 5. The Bertz CT molecular complexity index is 256. The van der Waals surface area contributed by atoms with E-state index >= 15 is 0 Å². The molecule has 0 aromatic heterocycles.